The molecule has 0 amide bonds. The van der Waals surface area contributed by atoms with Gasteiger partial charge in [0.2, 0.25) is 10.0 Å². The first-order valence-electron chi connectivity index (χ1n) is 7.23. The predicted octanol–water partition coefficient (Wildman–Crippen LogP) is 0.989. The average Bonchev–Trinajstić information content (AvgIpc) is 2.88. The Bertz CT molecular complexity index is 750. The second kappa shape index (κ2) is 7.47. The Hall–Kier alpha value is -2.06. The molecule has 0 spiro atoms. The number of benzene rings is 1. The van der Waals surface area contributed by atoms with Crippen molar-refractivity contribution in [1.29, 1.82) is 0 Å². The largest absolute Gasteiger partial charge is 0.459 e. The van der Waals surface area contributed by atoms with Crippen molar-refractivity contribution in [2.45, 2.75) is 6.54 Å². The highest BCUT2D eigenvalue weighted by atomic mass is 32.2. The number of aliphatic imine (C=N–C) groups is 1. The van der Waals surface area contributed by atoms with Crippen molar-refractivity contribution in [3.05, 3.63) is 36.1 Å². The Morgan fingerprint density at radius 2 is 2.04 bits per heavy atom. The summed E-state index contributed by atoms with van der Waals surface area (Å²) >= 11 is 0. The molecule has 8 heteroatoms. The Morgan fingerprint density at radius 1 is 1.30 bits per heavy atom. The molecule has 7 nitrogen and oxygen atoms in total. The van der Waals surface area contributed by atoms with E-state index >= 15 is 0 Å². The monoisotopic (exact) mass is 338 g/mol. The van der Waals surface area contributed by atoms with Crippen molar-refractivity contribution < 1.29 is 12.8 Å². The third kappa shape index (κ3) is 5.26. The van der Waals surface area contributed by atoms with Crippen LogP contribution >= 0.6 is 0 Å². The van der Waals surface area contributed by atoms with Crippen LogP contribution in [0.5, 0.6) is 0 Å². The highest BCUT2D eigenvalue weighted by molar-refractivity contribution is 7.88. The van der Waals surface area contributed by atoms with Gasteiger partial charge in [-0.2, -0.15) is 0 Å². The van der Waals surface area contributed by atoms with Crippen molar-refractivity contribution in [3.8, 4) is 0 Å². The molecule has 0 atom stereocenters. The van der Waals surface area contributed by atoms with Crippen LogP contribution in [0.1, 0.15) is 5.76 Å². The summed E-state index contributed by atoms with van der Waals surface area (Å²) in [4.78, 5) is 6.10. The van der Waals surface area contributed by atoms with E-state index in [0.717, 1.165) is 23.0 Å². The molecule has 23 heavy (non-hydrogen) atoms. The number of hydrogen-bond donors (Lipinski definition) is 2. The average molecular weight is 338 g/mol. The van der Waals surface area contributed by atoms with Crippen molar-refractivity contribution >= 4 is 27.0 Å². The molecule has 2 rings (SSSR count). The first-order valence-corrected chi connectivity index (χ1v) is 9.12. The maximum atomic E-state index is 11.0. The van der Waals surface area contributed by atoms with Crippen molar-refractivity contribution in [1.82, 2.24) is 14.9 Å². The molecule has 0 fully saturated rings. The van der Waals surface area contributed by atoms with Crippen LogP contribution in [-0.2, 0) is 16.6 Å². The lowest BCUT2D eigenvalue weighted by atomic mass is 10.2. The molecule has 0 radical (unpaired) electrons. The summed E-state index contributed by atoms with van der Waals surface area (Å²) in [6, 6.07) is 9.86. The predicted molar refractivity (Wildman–Crippen MR) is 91.9 cm³/mol. The Balaban J connectivity index is 1.90. The Kier molecular flexibility index (Phi) is 5.62. The highest BCUT2D eigenvalue weighted by Gasteiger charge is 2.10. The fourth-order valence-corrected chi connectivity index (χ4v) is 2.69. The third-order valence-electron chi connectivity index (χ3n) is 3.22. The van der Waals surface area contributed by atoms with E-state index in [1.165, 1.54) is 0 Å². The second-order valence-electron chi connectivity index (χ2n) is 5.25. The van der Waals surface area contributed by atoms with Gasteiger partial charge in [-0.3, -0.25) is 4.99 Å². The molecular formula is C15H22N4O3S. The molecule has 0 unspecified atom stereocenters. The summed E-state index contributed by atoms with van der Waals surface area (Å²) in [5.74, 6) is 1.51. The van der Waals surface area contributed by atoms with Crippen LogP contribution in [0, 0.1) is 0 Å². The number of fused-ring (bicyclic) bond motifs is 1. The molecule has 0 aliphatic carbocycles. The Morgan fingerprint density at radius 3 is 2.70 bits per heavy atom. The van der Waals surface area contributed by atoms with E-state index < -0.39 is 10.0 Å². The zero-order valence-corrected chi connectivity index (χ0v) is 14.4. The zero-order chi connectivity index (χ0) is 16.9. The lowest BCUT2D eigenvalue weighted by Crippen LogP contribution is -2.42. The number of sulfonamides is 1. The van der Waals surface area contributed by atoms with Gasteiger partial charge < -0.3 is 14.6 Å². The molecule has 1 aromatic carbocycles. The second-order valence-corrected chi connectivity index (χ2v) is 7.08. The van der Waals surface area contributed by atoms with Crippen molar-refractivity contribution in [2.75, 3.05) is 33.4 Å². The first kappa shape index (κ1) is 17.3. The Labute approximate surface area is 136 Å². The summed E-state index contributed by atoms with van der Waals surface area (Å²) < 4.78 is 30.2. The summed E-state index contributed by atoms with van der Waals surface area (Å²) in [6.45, 7) is 1.31. The topological polar surface area (TPSA) is 86.9 Å². The minimum atomic E-state index is -3.17. The number of hydrogen-bond acceptors (Lipinski definition) is 4. The molecule has 1 heterocycles. The lowest BCUT2D eigenvalue weighted by molar-refractivity contribution is 0.413. The molecule has 126 valence electrons. The standard InChI is InChI=1S/C15H22N4O3S/c1-16-15(17-8-9-18-23(3,20)21)19(2)11-13-10-12-6-4-5-7-14(12)22-13/h4-7,10,18H,8-9,11H2,1-3H3,(H,16,17). The number of guanidine groups is 1. The van der Waals surface area contributed by atoms with E-state index in [9.17, 15) is 8.42 Å². The summed E-state index contributed by atoms with van der Waals surface area (Å²) in [7, 11) is 0.406. The van der Waals surface area contributed by atoms with E-state index in [0.29, 0.717) is 25.6 Å². The summed E-state index contributed by atoms with van der Waals surface area (Å²) in [5, 5.41) is 4.17. The van der Waals surface area contributed by atoms with Gasteiger partial charge >= 0.3 is 0 Å². The van der Waals surface area contributed by atoms with Crippen LogP contribution in [0.15, 0.2) is 39.7 Å². The van der Waals surface area contributed by atoms with Crippen LogP contribution < -0.4 is 10.0 Å². The molecule has 1 aromatic heterocycles. The van der Waals surface area contributed by atoms with Gasteiger partial charge in [0.15, 0.2) is 5.96 Å². The molecule has 2 N–H and O–H groups in total. The normalized spacial score (nSPS) is 12.6. The molecular weight excluding hydrogens is 316 g/mol. The first-order chi connectivity index (χ1) is 10.9. The fraction of sp³-hybridized carbons (Fsp3) is 0.400. The van der Waals surface area contributed by atoms with Crippen LogP contribution in [-0.4, -0.2) is 52.7 Å². The zero-order valence-electron chi connectivity index (χ0n) is 13.5. The summed E-state index contributed by atoms with van der Waals surface area (Å²) in [6.07, 6.45) is 1.13. The molecule has 0 saturated heterocycles. The van der Waals surface area contributed by atoms with E-state index in [4.69, 9.17) is 4.42 Å². The van der Waals surface area contributed by atoms with E-state index in [-0.39, 0.29) is 0 Å². The SMILES string of the molecule is CN=C(NCCNS(C)(=O)=O)N(C)Cc1cc2ccccc2o1. The van der Waals surface area contributed by atoms with E-state index in [2.05, 4.69) is 15.0 Å². The van der Waals surface area contributed by atoms with Gasteiger partial charge in [0.25, 0.3) is 0 Å². The molecule has 0 bridgehead atoms. The number of para-hydroxylation sites is 1. The van der Waals surface area contributed by atoms with Gasteiger partial charge in [-0.05, 0) is 12.1 Å². The van der Waals surface area contributed by atoms with Crippen LogP contribution in [0.4, 0.5) is 0 Å². The smallest absolute Gasteiger partial charge is 0.208 e. The van der Waals surface area contributed by atoms with E-state index in [1.54, 1.807) is 7.05 Å². The maximum absolute atomic E-state index is 11.0. The highest BCUT2D eigenvalue weighted by Crippen LogP contribution is 2.19. The number of nitrogens with one attached hydrogen (secondary N) is 2. The van der Waals surface area contributed by atoms with Gasteiger partial charge in [0, 0.05) is 32.6 Å². The van der Waals surface area contributed by atoms with Gasteiger partial charge in [-0.1, -0.05) is 18.2 Å². The van der Waals surface area contributed by atoms with Gasteiger partial charge in [0.1, 0.15) is 11.3 Å². The van der Waals surface area contributed by atoms with Crippen LogP contribution in [0.2, 0.25) is 0 Å². The van der Waals surface area contributed by atoms with Crippen LogP contribution in [0.3, 0.4) is 0 Å². The molecule has 0 saturated carbocycles. The summed E-state index contributed by atoms with van der Waals surface area (Å²) in [5.41, 5.74) is 0.858. The fourth-order valence-electron chi connectivity index (χ4n) is 2.22. The minimum absolute atomic E-state index is 0.302. The van der Waals surface area contributed by atoms with E-state index in [1.807, 2.05) is 42.3 Å². The van der Waals surface area contributed by atoms with Gasteiger partial charge in [0.05, 0.1) is 12.8 Å². The molecule has 0 aliphatic rings. The minimum Gasteiger partial charge on any atom is -0.459 e. The quantitative estimate of drug-likeness (QED) is 0.466. The maximum Gasteiger partial charge on any atom is 0.208 e. The van der Waals surface area contributed by atoms with Crippen molar-refractivity contribution in [2.24, 2.45) is 4.99 Å². The van der Waals surface area contributed by atoms with Gasteiger partial charge in [-0.15, -0.1) is 0 Å². The third-order valence-corrected chi connectivity index (χ3v) is 3.94. The van der Waals surface area contributed by atoms with Crippen LogP contribution in [0.25, 0.3) is 11.0 Å². The molecule has 0 aliphatic heterocycles. The lowest BCUT2D eigenvalue weighted by Gasteiger charge is -2.21. The number of nitrogens with zero attached hydrogens (tertiary/aromatic N) is 2. The number of rotatable bonds is 6. The van der Waals surface area contributed by atoms with Gasteiger partial charge in [-0.25, -0.2) is 13.1 Å². The van der Waals surface area contributed by atoms with Crippen molar-refractivity contribution in [3.63, 3.8) is 0 Å². The number of furan rings is 1. The molecule has 2 aromatic rings.